The highest BCUT2D eigenvalue weighted by Crippen LogP contribution is 2.31. The Kier molecular flexibility index (Phi) is 4.98. The molecule has 112 valence electrons. The Morgan fingerprint density at radius 3 is 2.48 bits per heavy atom. The zero-order valence-electron chi connectivity index (χ0n) is 12.2. The van der Waals surface area contributed by atoms with E-state index in [0.29, 0.717) is 4.47 Å². The maximum absolute atomic E-state index is 13.8. The number of rotatable bonds is 4. The lowest BCUT2D eigenvalue weighted by atomic mass is 9.93. The minimum Gasteiger partial charge on any atom is -0.496 e. The van der Waals surface area contributed by atoms with Crippen molar-refractivity contribution in [3.63, 3.8) is 0 Å². The van der Waals surface area contributed by atoms with E-state index in [2.05, 4.69) is 21.4 Å². The summed E-state index contributed by atoms with van der Waals surface area (Å²) < 4.78 is 19.5. The minimum atomic E-state index is -0.310. The molecule has 0 bridgehead atoms. The van der Waals surface area contributed by atoms with Gasteiger partial charge in [-0.05, 0) is 70.2 Å². The first-order valence-corrected chi connectivity index (χ1v) is 7.33. The number of nitrogens with two attached hydrogens (primary N) is 1. The summed E-state index contributed by atoms with van der Waals surface area (Å²) in [6.45, 7) is 3.95. The molecule has 1 atom stereocenters. The van der Waals surface area contributed by atoms with Crippen molar-refractivity contribution >= 4 is 15.9 Å². The molecule has 0 fully saturated rings. The van der Waals surface area contributed by atoms with Crippen LogP contribution >= 0.6 is 15.9 Å². The van der Waals surface area contributed by atoms with Crippen LogP contribution < -0.4 is 16.0 Å². The Morgan fingerprint density at radius 1 is 1.19 bits per heavy atom. The van der Waals surface area contributed by atoms with Gasteiger partial charge in [-0.1, -0.05) is 12.1 Å². The van der Waals surface area contributed by atoms with E-state index in [1.807, 2.05) is 32.0 Å². The second-order valence-corrected chi connectivity index (χ2v) is 5.81. The fraction of sp³-hybridized carbons (Fsp3) is 0.250. The van der Waals surface area contributed by atoms with Crippen LogP contribution in [0.1, 0.15) is 28.3 Å². The monoisotopic (exact) mass is 352 g/mol. The number of methoxy groups -OCH3 is 1. The summed E-state index contributed by atoms with van der Waals surface area (Å²) in [6.07, 6.45) is 0. The average molecular weight is 353 g/mol. The predicted octanol–water partition coefficient (Wildman–Crippen LogP) is 3.77. The van der Waals surface area contributed by atoms with Crippen LogP contribution in [0.25, 0.3) is 0 Å². The first-order valence-electron chi connectivity index (χ1n) is 6.54. The Morgan fingerprint density at radius 2 is 1.90 bits per heavy atom. The zero-order valence-corrected chi connectivity index (χ0v) is 13.8. The molecule has 1 unspecified atom stereocenters. The standard InChI is InChI=1S/C16H18BrFN2O/c1-9-7-15(21-3)10(2)6-12(9)16(20-19)11-4-5-13(17)14(18)8-11/h4-8,16,20H,19H2,1-3H3. The summed E-state index contributed by atoms with van der Waals surface area (Å²) in [7, 11) is 1.64. The second-order valence-electron chi connectivity index (χ2n) is 4.95. The zero-order chi connectivity index (χ0) is 15.6. The highest BCUT2D eigenvalue weighted by Gasteiger charge is 2.17. The number of hydrogen-bond acceptors (Lipinski definition) is 3. The quantitative estimate of drug-likeness (QED) is 0.650. The van der Waals surface area contributed by atoms with Crippen molar-refractivity contribution in [3.8, 4) is 5.75 Å². The van der Waals surface area contributed by atoms with Crippen molar-refractivity contribution < 1.29 is 9.13 Å². The normalized spacial score (nSPS) is 12.3. The third-order valence-corrected chi connectivity index (χ3v) is 4.18. The molecule has 0 amide bonds. The molecule has 3 N–H and O–H groups in total. The van der Waals surface area contributed by atoms with Crippen LogP contribution in [0.4, 0.5) is 4.39 Å². The molecule has 2 aromatic carbocycles. The topological polar surface area (TPSA) is 47.3 Å². The number of halogens is 2. The van der Waals surface area contributed by atoms with E-state index in [4.69, 9.17) is 10.6 Å². The molecule has 0 radical (unpaired) electrons. The third-order valence-electron chi connectivity index (χ3n) is 3.54. The number of aryl methyl sites for hydroxylation is 2. The van der Waals surface area contributed by atoms with E-state index in [1.54, 1.807) is 13.2 Å². The molecule has 3 nitrogen and oxygen atoms in total. The van der Waals surface area contributed by atoms with Crippen LogP contribution in [0.5, 0.6) is 5.75 Å². The summed E-state index contributed by atoms with van der Waals surface area (Å²) in [5.74, 6) is 6.22. The summed E-state index contributed by atoms with van der Waals surface area (Å²) in [5.41, 5.74) is 6.57. The summed E-state index contributed by atoms with van der Waals surface area (Å²) in [5, 5.41) is 0. The predicted molar refractivity (Wildman–Crippen MR) is 85.7 cm³/mol. The van der Waals surface area contributed by atoms with E-state index in [1.165, 1.54) is 6.07 Å². The Hall–Kier alpha value is -1.43. The molecule has 0 saturated carbocycles. The fourth-order valence-electron chi connectivity index (χ4n) is 2.40. The van der Waals surface area contributed by atoms with Crippen LogP contribution in [0.3, 0.4) is 0 Å². The number of nitrogens with one attached hydrogen (secondary N) is 1. The molecular weight excluding hydrogens is 335 g/mol. The number of ether oxygens (including phenoxy) is 1. The van der Waals surface area contributed by atoms with E-state index >= 15 is 0 Å². The Bertz CT molecular complexity index is 661. The second kappa shape index (κ2) is 6.56. The summed E-state index contributed by atoms with van der Waals surface area (Å²) in [4.78, 5) is 0. The van der Waals surface area contributed by atoms with E-state index < -0.39 is 0 Å². The smallest absolute Gasteiger partial charge is 0.137 e. The molecule has 0 aliphatic heterocycles. The van der Waals surface area contributed by atoms with Gasteiger partial charge in [0.25, 0.3) is 0 Å². The van der Waals surface area contributed by atoms with Crippen molar-refractivity contribution in [1.82, 2.24) is 5.43 Å². The number of hydrogen-bond donors (Lipinski definition) is 2. The minimum absolute atomic E-state index is 0.280. The van der Waals surface area contributed by atoms with Crippen molar-refractivity contribution in [2.24, 2.45) is 5.84 Å². The van der Waals surface area contributed by atoms with Gasteiger partial charge in [-0.25, -0.2) is 9.82 Å². The van der Waals surface area contributed by atoms with Gasteiger partial charge in [-0.15, -0.1) is 0 Å². The molecule has 2 aromatic rings. The first kappa shape index (κ1) is 15.9. The van der Waals surface area contributed by atoms with Crippen LogP contribution in [-0.4, -0.2) is 7.11 Å². The van der Waals surface area contributed by atoms with Crippen LogP contribution in [0, 0.1) is 19.7 Å². The summed E-state index contributed by atoms with van der Waals surface area (Å²) in [6, 6.07) is 8.70. The Balaban J connectivity index is 2.50. The highest BCUT2D eigenvalue weighted by molar-refractivity contribution is 9.10. The van der Waals surface area contributed by atoms with Crippen molar-refractivity contribution in [3.05, 3.63) is 62.9 Å². The van der Waals surface area contributed by atoms with Gasteiger partial charge in [-0.3, -0.25) is 5.84 Å². The van der Waals surface area contributed by atoms with Gasteiger partial charge in [0, 0.05) is 0 Å². The van der Waals surface area contributed by atoms with Gasteiger partial charge in [0.05, 0.1) is 17.6 Å². The maximum atomic E-state index is 13.8. The van der Waals surface area contributed by atoms with Crippen molar-refractivity contribution in [1.29, 1.82) is 0 Å². The van der Waals surface area contributed by atoms with E-state index in [-0.39, 0.29) is 11.9 Å². The summed E-state index contributed by atoms with van der Waals surface area (Å²) >= 11 is 3.16. The van der Waals surface area contributed by atoms with Gasteiger partial charge in [0.2, 0.25) is 0 Å². The SMILES string of the molecule is COc1cc(C)c(C(NN)c2ccc(Br)c(F)c2)cc1C. The van der Waals surface area contributed by atoms with Crippen molar-refractivity contribution in [2.45, 2.75) is 19.9 Å². The lowest BCUT2D eigenvalue weighted by Crippen LogP contribution is -2.29. The van der Waals surface area contributed by atoms with Crippen molar-refractivity contribution in [2.75, 3.05) is 7.11 Å². The molecule has 0 aliphatic carbocycles. The average Bonchev–Trinajstić information content (AvgIpc) is 2.46. The van der Waals surface area contributed by atoms with Gasteiger partial charge >= 0.3 is 0 Å². The number of hydrazine groups is 1. The lowest BCUT2D eigenvalue weighted by Gasteiger charge is -2.21. The lowest BCUT2D eigenvalue weighted by molar-refractivity contribution is 0.411. The van der Waals surface area contributed by atoms with Crippen LogP contribution in [-0.2, 0) is 0 Å². The molecule has 0 aliphatic rings. The molecule has 5 heteroatoms. The molecular formula is C16H18BrFN2O. The van der Waals surface area contributed by atoms with Crippen LogP contribution in [0.15, 0.2) is 34.8 Å². The van der Waals surface area contributed by atoms with E-state index in [0.717, 1.165) is 28.0 Å². The van der Waals surface area contributed by atoms with Gasteiger partial charge in [-0.2, -0.15) is 0 Å². The first-order chi connectivity index (χ1) is 9.97. The molecule has 21 heavy (non-hydrogen) atoms. The molecule has 0 heterocycles. The molecule has 0 saturated heterocycles. The molecule has 0 aromatic heterocycles. The van der Waals surface area contributed by atoms with Gasteiger partial charge in [0.15, 0.2) is 0 Å². The van der Waals surface area contributed by atoms with Crippen LogP contribution in [0.2, 0.25) is 0 Å². The third kappa shape index (κ3) is 3.26. The molecule has 2 rings (SSSR count). The van der Waals surface area contributed by atoms with Gasteiger partial charge < -0.3 is 4.74 Å². The van der Waals surface area contributed by atoms with E-state index in [9.17, 15) is 4.39 Å². The fourth-order valence-corrected chi connectivity index (χ4v) is 2.65. The largest absolute Gasteiger partial charge is 0.496 e. The number of benzene rings is 2. The van der Waals surface area contributed by atoms with Gasteiger partial charge in [0.1, 0.15) is 11.6 Å². The Labute approximate surface area is 132 Å². The highest BCUT2D eigenvalue weighted by atomic mass is 79.9. The molecule has 0 spiro atoms. The maximum Gasteiger partial charge on any atom is 0.137 e.